The third-order valence-corrected chi connectivity index (χ3v) is 4.47. The lowest BCUT2D eigenvalue weighted by Gasteiger charge is -2.17. The number of hydrogen-bond donors (Lipinski definition) is 1. The molecule has 0 spiro atoms. The predicted molar refractivity (Wildman–Crippen MR) is 69.2 cm³/mol. The van der Waals surface area contributed by atoms with Gasteiger partial charge in [0.25, 0.3) is 0 Å². The van der Waals surface area contributed by atoms with Crippen LogP contribution in [0.5, 0.6) is 0 Å². The highest BCUT2D eigenvalue weighted by atomic mass is 32.1. The summed E-state index contributed by atoms with van der Waals surface area (Å²) in [6, 6.07) is 1.97. The van der Waals surface area contributed by atoms with Crippen molar-refractivity contribution in [2.24, 2.45) is 17.3 Å². The van der Waals surface area contributed by atoms with Crippen molar-refractivity contribution in [3.05, 3.63) is 22.4 Å². The van der Waals surface area contributed by atoms with E-state index in [1.807, 2.05) is 30.7 Å². The average molecular weight is 267 g/mol. The summed E-state index contributed by atoms with van der Waals surface area (Å²) in [6.45, 7) is 4.22. The number of carboxylic acid groups (broad SMARTS) is 1. The Morgan fingerprint density at radius 3 is 2.56 bits per heavy atom. The summed E-state index contributed by atoms with van der Waals surface area (Å²) in [6.07, 6.45) is 0. The van der Waals surface area contributed by atoms with Gasteiger partial charge in [0.2, 0.25) is 5.91 Å². The largest absolute Gasteiger partial charge is 0.481 e. The van der Waals surface area contributed by atoms with E-state index in [2.05, 4.69) is 0 Å². The summed E-state index contributed by atoms with van der Waals surface area (Å²) < 4.78 is 0. The highest BCUT2D eigenvalue weighted by Crippen LogP contribution is 2.58. The first kappa shape index (κ1) is 13.1. The molecule has 2 atom stereocenters. The Labute approximate surface area is 110 Å². The van der Waals surface area contributed by atoms with E-state index < -0.39 is 23.2 Å². The zero-order chi connectivity index (χ0) is 13.5. The maximum absolute atomic E-state index is 12.2. The van der Waals surface area contributed by atoms with Crippen molar-refractivity contribution in [2.75, 3.05) is 7.05 Å². The minimum Gasteiger partial charge on any atom is -0.481 e. The van der Waals surface area contributed by atoms with Crippen molar-refractivity contribution in [3.63, 3.8) is 0 Å². The van der Waals surface area contributed by atoms with Crippen LogP contribution in [0.15, 0.2) is 16.8 Å². The normalized spacial score (nSPS) is 24.6. The van der Waals surface area contributed by atoms with Crippen LogP contribution in [0, 0.1) is 17.3 Å². The SMILES string of the molecule is CN(Cc1ccsc1)C(=O)C1C(C(=O)O)C1(C)C. The van der Waals surface area contributed by atoms with Gasteiger partial charge in [-0.1, -0.05) is 13.8 Å². The van der Waals surface area contributed by atoms with Crippen LogP contribution in [0.4, 0.5) is 0 Å². The molecule has 0 aromatic carbocycles. The van der Waals surface area contributed by atoms with E-state index in [1.54, 1.807) is 23.3 Å². The fraction of sp³-hybridized carbons (Fsp3) is 0.538. The molecule has 1 aromatic heterocycles. The molecule has 1 heterocycles. The second-order valence-electron chi connectivity index (χ2n) is 5.44. The third-order valence-electron chi connectivity index (χ3n) is 3.74. The number of aliphatic carboxylic acids is 1. The van der Waals surface area contributed by atoms with Gasteiger partial charge in [0, 0.05) is 13.6 Å². The van der Waals surface area contributed by atoms with E-state index in [1.165, 1.54) is 0 Å². The standard InChI is InChI=1S/C13H17NO3S/c1-13(2)9(10(13)12(16)17)11(15)14(3)6-8-4-5-18-7-8/h4-5,7,9-10H,6H2,1-3H3,(H,16,17). The molecule has 2 rings (SSSR count). The lowest BCUT2D eigenvalue weighted by atomic mass is 10.1. The number of carbonyl (C=O) groups excluding carboxylic acids is 1. The Bertz CT molecular complexity index is 467. The van der Waals surface area contributed by atoms with E-state index >= 15 is 0 Å². The molecule has 18 heavy (non-hydrogen) atoms. The zero-order valence-electron chi connectivity index (χ0n) is 10.7. The number of hydrogen-bond acceptors (Lipinski definition) is 3. The molecule has 5 heteroatoms. The summed E-state index contributed by atoms with van der Waals surface area (Å²) in [5.41, 5.74) is 0.660. The van der Waals surface area contributed by atoms with Crippen LogP contribution in [0.25, 0.3) is 0 Å². The first-order valence-electron chi connectivity index (χ1n) is 5.84. The molecule has 0 saturated heterocycles. The highest BCUT2D eigenvalue weighted by Gasteiger charge is 2.66. The van der Waals surface area contributed by atoms with Crippen molar-refractivity contribution in [3.8, 4) is 0 Å². The number of carboxylic acids is 1. The summed E-state index contributed by atoms with van der Waals surface area (Å²) in [5, 5.41) is 13.0. The van der Waals surface area contributed by atoms with Crippen LogP contribution in [0.2, 0.25) is 0 Å². The molecule has 2 unspecified atom stereocenters. The fourth-order valence-electron chi connectivity index (χ4n) is 2.53. The maximum Gasteiger partial charge on any atom is 0.307 e. The van der Waals surface area contributed by atoms with Crippen molar-refractivity contribution in [1.82, 2.24) is 4.90 Å². The van der Waals surface area contributed by atoms with Crippen molar-refractivity contribution in [1.29, 1.82) is 0 Å². The highest BCUT2D eigenvalue weighted by molar-refractivity contribution is 7.07. The Kier molecular flexibility index (Phi) is 3.19. The van der Waals surface area contributed by atoms with Crippen LogP contribution in [-0.2, 0) is 16.1 Å². The predicted octanol–water partition coefficient (Wildman–Crippen LogP) is 2.06. The molecular weight excluding hydrogens is 250 g/mol. The third kappa shape index (κ3) is 2.14. The smallest absolute Gasteiger partial charge is 0.307 e. The molecule has 1 aromatic rings. The molecule has 1 amide bonds. The molecule has 1 aliphatic rings. The van der Waals surface area contributed by atoms with Crippen LogP contribution >= 0.6 is 11.3 Å². The average Bonchev–Trinajstić information content (AvgIpc) is 2.63. The molecule has 1 fully saturated rings. The second kappa shape index (κ2) is 4.39. The maximum atomic E-state index is 12.2. The van der Waals surface area contributed by atoms with Gasteiger partial charge in [-0.3, -0.25) is 9.59 Å². The molecule has 98 valence electrons. The minimum absolute atomic E-state index is 0.0707. The molecule has 0 bridgehead atoms. The Morgan fingerprint density at radius 2 is 2.11 bits per heavy atom. The number of rotatable bonds is 4. The quantitative estimate of drug-likeness (QED) is 0.908. The van der Waals surface area contributed by atoms with Gasteiger partial charge in [-0.15, -0.1) is 0 Å². The topological polar surface area (TPSA) is 57.6 Å². The van der Waals surface area contributed by atoms with Crippen LogP contribution in [-0.4, -0.2) is 28.9 Å². The zero-order valence-corrected chi connectivity index (χ0v) is 11.5. The van der Waals surface area contributed by atoms with Gasteiger partial charge in [-0.2, -0.15) is 11.3 Å². The molecule has 1 saturated carbocycles. The molecule has 0 radical (unpaired) electrons. The van der Waals surface area contributed by atoms with Gasteiger partial charge >= 0.3 is 5.97 Å². The van der Waals surface area contributed by atoms with Gasteiger partial charge in [-0.25, -0.2) is 0 Å². The van der Waals surface area contributed by atoms with Gasteiger partial charge in [-0.05, 0) is 27.8 Å². The van der Waals surface area contributed by atoms with E-state index in [-0.39, 0.29) is 5.91 Å². The molecule has 1 aliphatic carbocycles. The van der Waals surface area contributed by atoms with E-state index in [0.717, 1.165) is 5.56 Å². The molecule has 4 nitrogen and oxygen atoms in total. The Balaban J connectivity index is 2.02. The first-order valence-corrected chi connectivity index (χ1v) is 6.79. The van der Waals surface area contributed by atoms with Crippen molar-refractivity contribution >= 4 is 23.2 Å². The van der Waals surface area contributed by atoms with Crippen LogP contribution < -0.4 is 0 Å². The number of thiophene rings is 1. The van der Waals surface area contributed by atoms with Gasteiger partial charge < -0.3 is 10.0 Å². The van der Waals surface area contributed by atoms with E-state index in [4.69, 9.17) is 5.11 Å². The van der Waals surface area contributed by atoms with Crippen LogP contribution in [0.1, 0.15) is 19.4 Å². The van der Waals surface area contributed by atoms with Gasteiger partial charge in [0.05, 0.1) is 11.8 Å². The van der Waals surface area contributed by atoms with Gasteiger partial charge in [0.15, 0.2) is 0 Å². The summed E-state index contributed by atoms with van der Waals surface area (Å²) in [4.78, 5) is 24.9. The summed E-state index contributed by atoms with van der Waals surface area (Å²) in [7, 11) is 1.73. The second-order valence-corrected chi connectivity index (χ2v) is 6.22. The van der Waals surface area contributed by atoms with E-state index in [0.29, 0.717) is 6.54 Å². The molecular formula is C13H17NO3S. The lowest BCUT2D eigenvalue weighted by molar-refractivity contribution is -0.141. The van der Waals surface area contributed by atoms with Crippen molar-refractivity contribution in [2.45, 2.75) is 20.4 Å². The lowest BCUT2D eigenvalue weighted by Crippen LogP contribution is -2.29. The minimum atomic E-state index is -0.873. The molecule has 0 aliphatic heterocycles. The number of amides is 1. The monoisotopic (exact) mass is 267 g/mol. The van der Waals surface area contributed by atoms with Gasteiger partial charge in [0.1, 0.15) is 0 Å². The fourth-order valence-corrected chi connectivity index (χ4v) is 3.19. The molecule has 1 N–H and O–H groups in total. The van der Waals surface area contributed by atoms with E-state index in [9.17, 15) is 9.59 Å². The first-order chi connectivity index (χ1) is 8.35. The number of nitrogens with zero attached hydrogens (tertiary/aromatic N) is 1. The summed E-state index contributed by atoms with van der Waals surface area (Å²) in [5.74, 6) is -1.88. The summed E-state index contributed by atoms with van der Waals surface area (Å²) >= 11 is 1.59. The Hall–Kier alpha value is -1.36. The Morgan fingerprint density at radius 1 is 1.44 bits per heavy atom. The van der Waals surface area contributed by atoms with Crippen LogP contribution in [0.3, 0.4) is 0 Å². The van der Waals surface area contributed by atoms with Crippen molar-refractivity contribution < 1.29 is 14.7 Å². The number of carbonyl (C=O) groups is 2.